The Morgan fingerprint density at radius 2 is 1.46 bits per heavy atom. The number of carbonyl (C=O) groups excluding carboxylic acids is 5. The molecular weight excluding hydrogens is 841 g/mol. The summed E-state index contributed by atoms with van der Waals surface area (Å²) >= 11 is 1.61. The molecule has 1 unspecified atom stereocenters. The number of ether oxygens (including phenoxy) is 7. The molecule has 0 saturated carbocycles. The van der Waals surface area contributed by atoms with Gasteiger partial charge in [-0.1, -0.05) is 13.8 Å². The molecule has 350 valence electrons. The van der Waals surface area contributed by atoms with E-state index in [1.54, 1.807) is 29.4 Å². The van der Waals surface area contributed by atoms with Gasteiger partial charge in [-0.25, -0.2) is 4.98 Å². The van der Waals surface area contributed by atoms with Crippen LogP contribution >= 0.6 is 11.8 Å². The van der Waals surface area contributed by atoms with E-state index >= 15 is 0 Å². The first-order chi connectivity index (χ1) is 30.5. The number of nitrogens with one attached hydrogen (secondary N) is 3. The minimum atomic E-state index is -0.656. The molecule has 20 nitrogen and oxygen atoms in total. The van der Waals surface area contributed by atoms with Crippen LogP contribution < -0.4 is 21.1 Å². The van der Waals surface area contributed by atoms with Gasteiger partial charge in [0.25, 0.3) is 5.91 Å². The number of imidazole rings is 1. The van der Waals surface area contributed by atoms with Gasteiger partial charge in [0.1, 0.15) is 17.0 Å². The highest BCUT2D eigenvalue weighted by atomic mass is 32.2. The summed E-state index contributed by atoms with van der Waals surface area (Å²) in [5, 5.41) is 9.98. The number of hydrogen-bond acceptors (Lipinski definition) is 15. The number of amides is 5. The van der Waals surface area contributed by atoms with Crippen molar-refractivity contribution in [3.63, 3.8) is 0 Å². The number of benzene rings is 1. The van der Waals surface area contributed by atoms with Crippen molar-refractivity contribution in [1.82, 2.24) is 30.0 Å². The van der Waals surface area contributed by atoms with Crippen LogP contribution in [0, 0.1) is 6.92 Å². The molecule has 21 heteroatoms. The summed E-state index contributed by atoms with van der Waals surface area (Å²) in [6.07, 6.45) is 2.90. The normalized spacial score (nSPS) is 14.0. The standard InChI is InChI=1S/C42H64N8O12S/c1-5-31(6-2)63-35-28-37(52)49(41(35)55)11-14-57-16-18-59-20-22-61-24-23-60-21-19-58-17-15-56-13-9-36(51)44-10-8-12-62-34-27-30(39(43)53)26-32-38(34)46-42(45-32)47-40(54)33-25-29(4)48-50(33)7-3/h25-27,31,35H,5-24,28H2,1-4H3,(H2,43,53)(H,44,51)(H2,45,46,47,54). The summed E-state index contributed by atoms with van der Waals surface area (Å²) in [7, 11) is 0. The first-order valence-corrected chi connectivity index (χ1v) is 22.5. The Hall–Kier alpha value is -4.64. The van der Waals surface area contributed by atoms with Gasteiger partial charge in [-0.15, -0.1) is 11.8 Å². The zero-order valence-electron chi connectivity index (χ0n) is 36.9. The maximum absolute atomic E-state index is 12.9. The Labute approximate surface area is 372 Å². The number of aromatic amines is 1. The van der Waals surface area contributed by atoms with Crippen molar-refractivity contribution in [2.45, 2.75) is 76.8 Å². The van der Waals surface area contributed by atoms with Crippen LogP contribution in [0.1, 0.15) is 79.4 Å². The van der Waals surface area contributed by atoms with Crippen molar-refractivity contribution in [2.24, 2.45) is 5.73 Å². The number of nitrogens with zero attached hydrogens (tertiary/aromatic N) is 4. The molecule has 3 aromatic rings. The predicted octanol–water partition coefficient (Wildman–Crippen LogP) is 2.86. The number of carbonyl (C=O) groups is 5. The van der Waals surface area contributed by atoms with Gasteiger partial charge < -0.3 is 49.2 Å². The topological polar surface area (TPSA) is 250 Å². The van der Waals surface area contributed by atoms with Crippen LogP contribution in [-0.4, -0.2) is 164 Å². The molecule has 1 atom stereocenters. The number of rotatable bonds is 34. The third-order valence-corrected chi connectivity index (χ3v) is 11.4. The van der Waals surface area contributed by atoms with Crippen LogP contribution in [0.5, 0.6) is 5.75 Å². The van der Waals surface area contributed by atoms with Gasteiger partial charge in [0.15, 0.2) is 0 Å². The van der Waals surface area contributed by atoms with E-state index in [9.17, 15) is 24.0 Å². The van der Waals surface area contributed by atoms with E-state index in [-0.39, 0.29) is 73.7 Å². The van der Waals surface area contributed by atoms with Gasteiger partial charge >= 0.3 is 0 Å². The number of nitrogens with two attached hydrogens (primary N) is 1. The molecule has 1 fully saturated rings. The van der Waals surface area contributed by atoms with E-state index in [1.807, 2.05) is 6.92 Å². The second-order valence-corrected chi connectivity index (χ2v) is 15.9. The third-order valence-electron chi connectivity index (χ3n) is 9.67. The van der Waals surface area contributed by atoms with Crippen molar-refractivity contribution in [1.29, 1.82) is 0 Å². The average molecular weight is 905 g/mol. The molecule has 1 aromatic carbocycles. The lowest BCUT2D eigenvalue weighted by atomic mass is 10.2. The highest BCUT2D eigenvalue weighted by Gasteiger charge is 2.39. The fourth-order valence-electron chi connectivity index (χ4n) is 6.34. The highest BCUT2D eigenvalue weighted by Crippen LogP contribution is 2.31. The average Bonchev–Trinajstić information content (AvgIpc) is 3.94. The van der Waals surface area contributed by atoms with Crippen LogP contribution in [0.4, 0.5) is 5.95 Å². The smallest absolute Gasteiger partial charge is 0.276 e. The molecule has 0 radical (unpaired) electrons. The number of anilines is 1. The molecule has 63 heavy (non-hydrogen) atoms. The van der Waals surface area contributed by atoms with Crippen molar-refractivity contribution >= 4 is 58.3 Å². The monoisotopic (exact) mass is 904 g/mol. The quantitative estimate of drug-likeness (QED) is 0.0497. The molecule has 2 aromatic heterocycles. The highest BCUT2D eigenvalue weighted by molar-refractivity contribution is 8.01. The Morgan fingerprint density at radius 1 is 0.857 bits per heavy atom. The first-order valence-electron chi connectivity index (χ1n) is 21.6. The molecule has 3 heterocycles. The summed E-state index contributed by atoms with van der Waals surface area (Å²) in [5.74, 6) is -0.948. The number of imide groups is 1. The van der Waals surface area contributed by atoms with Gasteiger partial charge in [-0.2, -0.15) is 5.10 Å². The SMILES string of the molecule is CCC(CC)SC1CC(=O)N(CCOCCOCCOCCOCCOCCOCCC(=O)NCCCOc2cc(C(N)=O)cc3nc(NC(=O)c4cc(C)nn4CC)[nH]c23)C1=O. The molecule has 1 aliphatic heterocycles. The molecule has 1 saturated heterocycles. The van der Waals surface area contributed by atoms with Gasteiger partial charge in [0.2, 0.25) is 29.6 Å². The number of hydrogen-bond donors (Lipinski definition) is 4. The molecule has 0 spiro atoms. The van der Waals surface area contributed by atoms with E-state index in [4.69, 9.17) is 38.9 Å². The first kappa shape index (κ1) is 51.0. The number of aromatic nitrogens is 4. The minimum Gasteiger partial charge on any atom is -0.491 e. The lowest BCUT2D eigenvalue weighted by Crippen LogP contribution is -2.34. The molecule has 5 N–H and O–H groups in total. The summed E-state index contributed by atoms with van der Waals surface area (Å²) in [5.41, 5.74) is 7.68. The van der Waals surface area contributed by atoms with Crippen LogP contribution in [0.15, 0.2) is 18.2 Å². The molecular formula is C42H64N8O12S. The number of H-pyrrole nitrogens is 1. The minimum absolute atomic E-state index is 0.105. The van der Waals surface area contributed by atoms with Gasteiger partial charge in [-0.05, 0) is 51.3 Å². The van der Waals surface area contributed by atoms with Crippen molar-refractivity contribution < 1.29 is 57.1 Å². The summed E-state index contributed by atoms with van der Waals surface area (Å²) in [4.78, 5) is 70.8. The zero-order chi connectivity index (χ0) is 45.4. The van der Waals surface area contributed by atoms with Crippen LogP contribution in [0.3, 0.4) is 0 Å². The Morgan fingerprint density at radius 3 is 2.05 bits per heavy atom. The zero-order valence-corrected chi connectivity index (χ0v) is 37.7. The fourth-order valence-corrected chi connectivity index (χ4v) is 7.67. The van der Waals surface area contributed by atoms with E-state index in [0.29, 0.717) is 119 Å². The van der Waals surface area contributed by atoms with Crippen LogP contribution in [0.2, 0.25) is 0 Å². The number of primary amides is 1. The molecule has 1 aliphatic rings. The van der Waals surface area contributed by atoms with E-state index < -0.39 is 11.8 Å². The largest absolute Gasteiger partial charge is 0.491 e. The fraction of sp³-hybridized carbons (Fsp3) is 0.643. The number of likely N-dealkylation sites (tertiary alicyclic amines) is 1. The van der Waals surface area contributed by atoms with Crippen LogP contribution in [-0.2, 0) is 49.3 Å². The van der Waals surface area contributed by atoms with Gasteiger partial charge in [0.05, 0.1) is 109 Å². The maximum Gasteiger partial charge on any atom is 0.276 e. The Kier molecular flexibility index (Phi) is 22.8. The third kappa shape index (κ3) is 17.5. The maximum atomic E-state index is 12.9. The van der Waals surface area contributed by atoms with Crippen LogP contribution in [0.25, 0.3) is 11.0 Å². The molecule has 0 aliphatic carbocycles. The molecule has 4 rings (SSSR count). The van der Waals surface area contributed by atoms with Gasteiger partial charge in [-0.3, -0.25) is 38.9 Å². The second kappa shape index (κ2) is 28.2. The van der Waals surface area contributed by atoms with Crippen molar-refractivity contribution in [3.8, 4) is 5.75 Å². The van der Waals surface area contributed by atoms with Gasteiger partial charge in [0, 0.05) is 36.7 Å². The summed E-state index contributed by atoms with van der Waals surface area (Å²) in [6.45, 7) is 13.7. The lowest BCUT2D eigenvalue weighted by molar-refractivity contribution is -0.139. The van der Waals surface area contributed by atoms with Crippen molar-refractivity contribution in [3.05, 3.63) is 35.2 Å². The lowest BCUT2D eigenvalue weighted by Gasteiger charge is -2.17. The van der Waals surface area contributed by atoms with Crippen molar-refractivity contribution in [2.75, 3.05) is 104 Å². The predicted molar refractivity (Wildman–Crippen MR) is 235 cm³/mol. The number of aryl methyl sites for hydroxylation is 2. The molecule has 0 bridgehead atoms. The van der Waals surface area contributed by atoms with E-state index in [0.717, 1.165) is 12.8 Å². The second-order valence-electron chi connectivity index (χ2n) is 14.4. The Balaban J connectivity index is 0.928. The van der Waals surface area contributed by atoms with E-state index in [2.05, 4.69) is 39.5 Å². The molecule has 5 amide bonds. The number of thioether (sulfide) groups is 1. The Bertz CT molecular complexity index is 1900. The number of fused-ring (bicyclic) bond motifs is 1. The van der Waals surface area contributed by atoms with E-state index in [1.165, 1.54) is 17.0 Å². The summed E-state index contributed by atoms with van der Waals surface area (Å²) < 4.78 is 40.6. The summed E-state index contributed by atoms with van der Waals surface area (Å²) in [6, 6.07) is 4.70.